The molecular formula is C21H27N3O3. The van der Waals surface area contributed by atoms with Gasteiger partial charge in [0.25, 0.3) is 5.91 Å². The van der Waals surface area contributed by atoms with Crippen LogP contribution in [0.3, 0.4) is 0 Å². The van der Waals surface area contributed by atoms with Crippen LogP contribution in [0.5, 0.6) is 0 Å². The Balaban J connectivity index is 1.28. The molecule has 1 aromatic carbocycles. The predicted molar refractivity (Wildman–Crippen MR) is 101 cm³/mol. The molecule has 1 atom stereocenters. The number of rotatable bonds is 5. The van der Waals surface area contributed by atoms with Crippen LogP contribution in [-0.2, 0) is 16.1 Å². The molecule has 0 saturated carbocycles. The second-order valence-electron chi connectivity index (χ2n) is 7.76. The van der Waals surface area contributed by atoms with Gasteiger partial charge in [0.2, 0.25) is 11.8 Å². The molecule has 3 aliphatic rings. The van der Waals surface area contributed by atoms with Gasteiger partial charge in [-0.05, 0) is 43.7 Å². The number of fused-ring (bicyclic) bond motifs is 1. The maximum Gasteiger partial charge on any atom is 0.254 e. The maximum absolute atomic E-state index is 12.7. The van der Waals surface area contributed by atoms with Crippen molar-refractivity contribution in [3.05, 3.63) is 35.4 Å². The van der Waals surface area contributed by atoms with Crippen molar-refractivity contribution in [3.8, 4) is 0 Å². The Hall–Kier alpha value is -2.37. The molecule has 0 spiro atoms. The summed E-state index contributed by atoms with van der Waals surface area (Å²) in [6.07, 6.45) is 4.85. The van der Waals surface area contributed by atoms with Crippen molar-refractivity contribution in [3.63, 3.8) is 0 Å². The molecule has 3 heterocycles. The van der Waals surface area contributed by atoms with Gasteiger partial charge in [-0.15, -0.1) is 0 Å². The number of hydrogen-bond acceptors (Lipinski definition) is 3. The molecule has 0 N–H and O–H groups in total. The molecule has 0 bridgehead atoms. The van der Waals surface area contributed by atoms with Crippen LogP contribution in [0.25, 0.3) is 0 Å². The Bertz CT molecular complexity index is 742. The van der Waals surface area contributed by atoms with Gasteiger partial charge in [-0.2, -0.15) is 0 Å². The zero-order chi connectivity index (χ0) is 18.8. The first kappa shape index (κ1) is 18.0. The summed E-state index contributed by atoms with van der Waals surface area (Å²) in [7, 11) is 0. The Morgan fingerprint density at radius 2 is 1.81 bits per heavy atom. The van der Waals surface area contributed by atoms with E-state index in [0.717, 1.165) is 49.9 Å². The highest BCUT2D eigenvalue weighted by atomic mass is 16.2. The summed E-state index contributed by atoms with van der Waals surface area (Å²) in [5.41, 5.74) is 1.84. The van der Waals surface area contributed by atoms with Gasteiger partial charge in [-0.3, -0.25) is 14.4 Å². The van der Waals surface area contributed by atoms with E-state index in [1.54, 1.807) is 4.90 Å². The first-order valence-electron chi connectivity index (χ1n) is 10.1. The normalized spacial score (nSPS) is 21.9. The number of carbonyl (C=O) groups excluding carboxylic acids is 3. The van der Waals surface area contributed by atoms with Gasteiger partial charge in [0.05, 0.1) is 0 Å². The Morgan fingerprint density at radius 3 is 2.59 bits per heavy atom. The van der Waals surface area contributed by atoms with E-state index < -0.39 is 0 Å². The van der Waals surface area contributed by atoms with Gasteiger partial charge in [0, 0.05) is 44.7 Å². The lowest BCUT2D eigenvalue weighted by Gasteiger charge is -2.28. The van der Waals surface area contributed by atoms with Crippen LogP contribution < -0.4 is 0 Å². The zero-order valence-electron chi connectivity index (χ0n) is 15.7. The molecular weight excluding hydrogens is 342 g/mol. The summed E-state index contributed by atoms with van der Waals surface area (Å²) in [5.74, 6) is 0.235. The van der Waals surface area contributed by atoms with Gasteiger partial charge < -0.3 is 14.7 Å². The topological polar surface area (TPSA) is 60.9 Å². The van der Waals surface area contributed by atoms with E-state index in [2.05, 4.69) is 0 Å². The molecule has 0 aromatic heterocycles. The Labute approximate surface area is 160 Å². The monoisotopic (exact) mass is 369 g/mol. The van der Waals surface area contributed by atoms with Crippen LogP contribution in [0.2, 0.25) is 0 Å². The molecule has 0 aliphatic carbocycles. The predicted octanol–water partition coefficient (Wildman–Crippen LogP) is 2.04. The summed E-state index contributed by atoms with van der Waals surface area (Å²) in [4.78, 5) is 43.3. The molecule has 1 aromatic rings. The lowest BCUT2D eigenvalue weighted by Crippen LogP contribution is -2.47. The first-order chi connectivity index (χ1) is 13.1. The molecule has 27 heavy (non-hydrogen) atoms. The van der Waals surface area contributed by atoms with Crippen LogP contribution in [0.1, 0.15) is 54.4 Å². The fourth-order valence-corrected chi connectivity index (χ4v) is 4.53. The molecule has 0 unspecified atom stereocenters. The number of hydrogen-bond donors (Lipinski definition) is 0. The molecule has 2 saturated heterocycles. The lowest BCUT2D eigenvalue weighted by molar-refractivity contribution is -0.143. The van der Waals surface area contributed by atoms with Crippen molar-refractivity contribution in [1.29, 1.82) is 0 Å². The second kappa shape index (κ2) is 7.71. The second-order valence-corrected chi connectivity index (χ2v) is 7.76. The molecule has 2 fully saturated rings. The number of amides is 3. The fourth-order valence-electron chi connectivity index (χ4n) is 4.53. The average Bonchev–Trinajstić information content (AvgIpc) is 3.42. The minimum absolute atomic E-state index is 0.0502. The third-order valence-electron chi connectivity index (χ3n) is 5.99. The molecule has 3 amide bonds. The van der Waals surface area contributed by atoms with E-state index in [-0.39, 0.29) is 23.8 Å². The number of carbonyl (C=O) groups is 3. The van der Waals surface area contributed by atoms with Gasteiger partial charge in [0.1, 0.15) is 6.04 Å². The summed E-state index contributed by atoms with van der Waals surface area (Å²) in [6.45, 7) is 3.54. The van der Waals surface area contributed by atoms with Crippen molar-refractivity contribution in [2.24, 2.45) is 0 Å². The highest BCUT2D eigenvalue weighted by molar-refractivity contribution is 5.98. The summed E-state index contributed by atoms with van der Waals surface area (Å²) >= 11 is 0. The molecule has 4 rings (SSSR count). The standard InChI is InChI=1S/C21H27N3O3/c25-19(24-14-5-9-18(24)21(27)22-11-3-4-12-22)10-6-13-23-15-16-7-1-2-8-17(16)20(23)26/h1-2,7-8,18H,3-6,9-15H2/t18-/m0/s1. The molecule has 3 aliphatic heterocycles. The molecule has 0 radical (unpaired) electrons. The van der Waals surface area contributed by atoms with Gasteiger partial charge in [0.15, 0.2) is 0 Å². The number of benzene rings is 1. The van der Waals surface area contributed by atoms with Crippen molar-refractivity contribution in [2.45, 2.75) is 51.1 Å². The van der Waals surface area contributed by atoms with Crippen LogP contribution in [-0.4, -0.2) is 64.6 Å². The lowest BCUT2D eigenvalue weighted by atomic mass is 10.1. The van der Waals surface area contributed by atoms with Gasteiger partial charge in [-0.25, -0.2) is 0 Å². The minimum atomic E-state index is -0.270. The fraction of sp³-hybridized carbons (Fsp3) is 0.571. The highest BCUT2D eigenvalue weighted by Crippen LogP contribution is 2.24. The van der Waals surface area contributed by atoms with E-state index in [4.69, 9.17) is 0 Å². The van der Waals surface area contributed by atoms with Crippen LogP contribution in [0.4, 0.5) is 0 Å². The van der Waals surface area contributed by atoms with Crippen molar-refractivity contribution in [2.75, 3.05) is 26.2 Å². The zero-order valence-corrected chi connectivity index (χ0v) is 15.7. The first-order valence-corrected chi connectivity index (χ1v) is 10.1. The summed E-state index contributed by atoms with van der Waals surface area (Å²) in [6, 6.07) is 7.41. The third kappa shape index (κ3) is 3.57. The van der Waals surface area contributed by atoms with E-state index >= 15 is 0 Å². The minimum Gasteiger partial charge on any atom is -0.341 e. The molecule has 144 valence electrons. The van der Waals surface area contributed by atoms with Crippen molar-refractivity contribution in [1.82, 2.24) is 14.7 Å². The Kier molecular flexibility index (Phi) is 5.14. The maximum atomic E-state index is 12.7. The Morgan fingerprint density at radius 1 is 1.04 bits per heavy atom. The van der Waals surface area contributed by atoms with E-state index in [1.165, 1.54) is 0 Å². The van der Waals surface area contributed by atoms with Crippen LogP contribution >= 0.6 is 0 Å². The molecule has 6 nitrogen and oxygen atoms in total. The average molecular weight is 369 g/mol. The van der Waals surface area contributed by atoms with Gasteiger partial charge >= 0.3 is 0 Å². The van der Waals surface area contributed by atoms with Gasteiger partial charge in [-0.1, -0.05) is 18.2 Å². The van der Waals surface area contributed by atoms with E-state index in [9.17, 15) is 14.4 Å². The highest BCUT2D eigenvalue weighted by Gasteiger charge is 2.37. The van der Waals surface area contributed by atoms with E-state index in [0.29, 0.717) is 32.5 Å². The van der Waals surface area contributed by atoms with Crippen LogP contribution in [0.15, 0.2) is 24.3 Å². The van der Waals surface area contributed by atoms with Crippen LogP contribution in [0, 0.1) is 0 Å². The van der Waals surface area contributed by atoms with Crippen molar-refractivity contribution >= 4 is 17.7 Å². The van der Waals surface area contributed by atoms with E-state index in [1.807, 2.05) is 34.1 Å². The number of likely N-dealkylation sites (tertiary alicyclic amines) is 2. The smallest absolute Gasteiger partial charge is 0.254 e. The number of nitrogens with zero attached hydrogens (tertiary/aromatic N) is 3. The summed E-state index contributed by atoms with van der Waals surface area (Å²) < 4.78 is 0. The quantitative estimate of drug-likeness (QED) is 0.798. The largest absolute Gasteiger partial charge is 0.341 e. The molecule has 6 heteroatoms. The van der Waals surface area contributed by atoms with Crippen molar-refractivity contribution < 1.29 is 14.4 Å². The third-order valence-corrected chi connectivity index (χ3v) is 5.99. The SMILES string of the molecule is O=C1c2ccccc2CN1CCCC(=O)N1CCC[C@H]1C(=O)N1CCCC1. The summed E-state index contributed by atoms with van der Waals surface area (Å²) in [5, 5.41) is 0.